The van der Waals surface area contributed by atoms with Gasteiger partial charge in [-0.3, -0.25) is 4.79 Å². The molecule has 30 heavy (non-hydrogen) atoms. The molecule has 0 spiro atoms. The number of Topliss-reactive ketones (excluding diaryl/α,β-unsaturated/α-hetero) is 1. The zero-order chi connectivity index (χ0) is 21.1. The molecule has 1 aliphatic heterocycles. The highest BCUT2D eigenvalue weighted by Crippen LogP contribution is 2.35. The molecule has 0 unspecified atom stereocenters. The second-order valence-corrected chi connectivity index (χ2v) is 6.80. The molecular weight excluding hydrogens is 380 g/mol. The number of allylic oxidation sites excluding steroid dienone is 1. The topological polar surface area (TPSA) is 61.8 Å². The van der Waals surface area contributed by atoms with Crippen LogP contribution in [0.5, 0.6) is 17.2 Å². The van der Waals surface area contributed by atoms with Crippen molar-refractivity contribution in [3.8, 4) is 17.2 Å². The van der Waals surface area contributed by atoms with Crippen LogP contribution in [0.3, 0.4) is 0 Å². The number of esters is 1. The van der Waals surface area contributed by atoms with E-state index in [1.807, 2.05) is 50.2 Å². The third-order valence-corrected chi connectivity index (χ3v) is 4.71. The largest absolute Gasteiger partial charge is 0.494 e. The summed E-state index contributed by atoms with van der Waals surface area (Å²) in [6.45, 7) is 4.36. The van der Waals surface area contributed by atoms with E-state index in [0.29, 0.717) is 29.2 Å². The molecule has 0 radical (unpaired) electrons. The predicted octanol–water partition coefficient (Wildman–Crippen LogP) is 5.23. The highest BCUT2D eigenvalue weighted by atomic mass is 16.5. The zero-order valence-electron chi connectivity index (χ0n) is 16.7. The lowest BCUT2D eigenvalue weighted by Gasteiger charge is -2.07. The summed E-state index contributed by atoms with van der Waals surface area (Å²) in [4.78, 5) is 25.1. The van der Waals surface area contributed by atoms with Gasteiger partial charge in [-0.05, 0) is 61.4 Å². The van der Waals surface area contributed by atoms with Crippen molar-refractivity contribution in [2.45, 2.75) is 13.8 Å². The van der Waals surface area contributed by atoms with Gasteiger partial charge in [-0.25, -0.2) is 4.79 Å². The van der Waals surface area contributed by atoms with Crippen molar-refractivity contribution in [1.29, 1.82) is 0 Å². The predicted molar refractivity (Wildman–Crippen MR) is 113 cm³/mol. The molecule has 3 aromatic carbocycles. The van der Waals surface area contributed by atoms with Crippen LogP contribution in [0.25, 0.3) is 6.08 Å². The van der Waals surface area contributed by atoms with Gasteiger partial charge in [-0.15, -0.1) is 0 Å². The van der Waals surface area contributed by atoms with E-state index in [0.717, 1.165) is 16.9 Å². The van der Waals surface area contributed by atoms with Crippen molar-refractivity contribution in [2.75, 3.05) is 6.61 Å². The van der Waals surface area contributed by atoms with Gasteiger partial charge in [0.25, 0.3) is 0 Å². The standard InChI is InChI=1S/C25H20O5/c1-3-28-18-10-8-17(9-11-18)14-23-24(26)21-13-12-19(15-22(21)30-23)29-25(27)20-7-5-4-6-16(20)2/h4-15H,3H2,1-2H3. The van der Waals surface area contributed by atoms with Crippen molar-refractivity contribution in [2.24, 2.45) is 0 Å². The summed E-state index contributed by atoms with van der Waals surface area (Å²) in [6.07, 6.45) is 1.68. The molecule has 1 heterocycles. The summed E-state index contributed by atoms with van der Waals surface area (Å²) in [5.74, 6) is 1.00. The Balaban J connectivity index is 1.52. The fraction of sp³-hybridized carbons (Fsp3) is 0.120. The Labute approximate surface area is 174 Å². The van der Waals surface area contributed by atoms with Crippen molar-refractivity contribution in [3.63, 3.8) is 0 Å². The first kappa shape index (κ1) is 19.5. The minimum absolute atomic E-state index is 0.212. The maximum absolute atomic E-state index is 12.6. The summed E-state index contributed by atoms with van der Waals surface area (Å²) in [6, 6.07) is 19.3. The average molecular weight is 400 g/mol. The number of fused-ring (bicyclic) bond motifs is 1. The molecule has 4 rings (SSSR count). The summed E-state index contributed by atoms with van der Waals surface area (Å²) >= 11 is 0. The van der Waals surface area contributed by atoms with Gasteiger partial charge in [0, 0.05) is 6.07 Å². The monoisotopic (exact) mass is 400 g/mol. The molecule has 150 valence electrons. The summed E-state index contributed by atoms with van der Waals surface area (Å²) < 4.78 is 16.6. The number of aryl methyl sites for hydroxylation is 1. The van der Waals surface area contributed by atoms with E-state index >= 15 is 0 Å². The maximum atomic E-state index is 12.6. The number of hydrogen-bond donors (Lipinski definition) is 0. The van der Waals surface area contributed by atoms with E-state index in [2.05, 4.69) is 0 Å². The Morgan fingerprint density at radius 2 is 1.73 bits per heavy atom. The van der Waals surface area contributed by atoms with Crippen LogP contribution in [-0.2, 0) is 0 Å². The van der Waals surface area contributed by atoms with Crippen molar-refractivity contribution in [3.05, 3.63) is 94.7 Å². The molecule has 0 aliphatic carbocycles. The molecule has 0 saturated heterocycles. The first-order chi connectivity index (χ1) is 14.5. The van der Waals surface area contributed by atoms with Crippen LogP contribution in [0.2, 0.25) is 0 Å². The van der Waals surface area contributed by atoms with E-state index in [4.69, 9.17) is 14.2 Å². The molecular formula is C25H20O5. The second-order valence-electron chi connectivity index (χ2n) is 6.80. The van der Waals surface area contributed by atoms with Crippen LogP contribution >= 0.6 is 0 Å². The van der Waals surface area contributed by atoms with Gasteiger partial charge >= 0.3 is 5.97 Å². The van der Waals surface area contributed by atoms with Crippen LogP contribution in [0.15, 0.2) is 72.5 Å². The zero-order valence-corrected chi connectivity index (χ0v) is 16.7. The number of ether oxygens (including phenoxy) is 3. The van der Waals surface area contributed by atoms with E-state index in [1.54, 1.807) is 36.4 Å². The van der Waals surface area contributed by atoms with Crippen LogP contribution < -0.4 is 14.2 Å². The smallest absolute Gasteiger partial charge is 0.343 e. The van der Waals surface area contributed by atoms with Gasteiger partial charge in [0.15, 0.2) is 5.76 Å². The van der Waals surface area contributed by atoms with Crippen LogP contribution in [0.4, 0.5) is 0 Å². The van der Waals surface area contributed by atoms with Crippen LogP contribution in [0.1, 0.15) is 38.8 Å². The molecule has 0 fully saturated rings. The molecule has 3 aromatic rings. The lowest BCUT2D eigenvalue weighted by molar-refractivity contribution is 0.0733. The van der Waals surface area contributed by atoms with E-state index in [9.17, 15) is 9.59 Å². The highest BCUT2D eigenvalue weighted by molar-refractivity contribution is 6.14. The number of carbonyl (C=O) groups is 2. The number of benzene rings is 3. The van der Waals surface area contributed by atoms with Crippen LogP contribution in [-0.4, -0.2) is 18.4 Å². The molecule has 1 aliphatic rings. The molecule has 0 aromatic heterocycles. The molecule has 5 heteroatoms. The molecule has 5 nitrogen and oxygen atoms in total. The SMILES string of the molecule is CCOc1ccc(C=C2Oc3cc(OC(=O)c4ccccc4C)ccc3C2=O)cc1. The minimum atomic E-state index is -0.456. The average Bonchev–Trinajstić information content (AvgIpc) is 3.04. The number of ketones is 1. The number of hydrogen-bond acceptors (Lipinski definition) is 5. The van der Waals surface area contributed by atoms with E-state index in [1.165, 1.54) is 0 Å². The minimum Gasteiger partial charge on any atom is -0.494 e. The first-order valence-corrected chi connectivity index (χ1v) is 9.64. The first-order valence-electron chi connectivity index (χ1n) is 9.64. The van der Waals surface area contributed by atoms with Crippen molar-refractivity contribution < 1.29 is 23.8 Å². The van der Waals surface area contributed by atoms with Gasteiger partial charge in [0.05, 0.1) is 17.7 Å². The molecule has 0 saturated carbocycles. The second kappa shape index (κ2) is 8.25. The van der Waals surface area contributed by atoms with Gasteiger partial charge in [-0.2, -0.15) is 0 Å². The number of rotatable bonds is 5. The Bertz CT molecular complexity index is 1140. The fourth-order valence-electron chi connectivity index (χ4n) is 3.17. The summed E-state index contributed by atoms with van der Waals surface area (Å²) in [5, 5.41) is 0. The lowest BCUT2D eigenvalue weighted by Crippen LogP contribution is -2.10. The quantitative estimate of drug-likeness (QED) is 0.333. The van der Waals surface area contributed by atoms with Gasteiger partial charge in [0.2, 0.25) is 5.78 Å². The normalized spacial score (nSPS) is 13.7. The van der Waals surface area contributed by atoms with Crippen LogP contribution in [0, 0.1) is 6.92 Å². The fourth-order valence-corrected chi connectivity index (χ4v) is 3.17. The Hall–Kier alpha value is -3.86. The third kappa shape index (κ3) is 3.96. The Morgan fingerprint density at radius 3 is 2.47 bits per heavy atom. The van der Waals surface area contributed by atoms with Gasteiger partial charge in [-0.1, -0.05) is 30.3 Å². The van der Waals surface area contributed by atoms with Gasteiger partial charge in [0.1, 0.15) is 17.2 Å². The van der Waals surface area contributed by atoms with Crippen molar-refractivity contribution >= 4 is 17.8 Å². The summed E-state index contributed by atoms with van der Waals surface area (Å²) in [7, 11) is 0. The third-order valence-electron chi connectivity index (χ3n) is 4.71. The Kier molecular flexibility index (Phi) is 5.35. The molecule has 0 amide bonds. The van der Waals surface area contributed by atoms with E-state index < -0.39 is 5.97 Å². The highest BCUT2D eigenvalue weighted by Gasteiger charge is 2.28. The lowest BCUT2D eigenvalue weighted by atomic mass is 10.1. The van der Waals surface area contributed by atoms with E-state index in [-0.39, 0.29) is 11.5 Å². The van der Waals surface area contributed by atoms with Crippen molar-refractivity contribution in [1.82, 2.24) is 0 Å². The molecule has 0 N–H and O–H groups in total. The summed E-state index contributed by atoms with van der Waals surface area (Å²) in [5.41, 5.74) is 2.57. The molecule has 0 atom stereocenters. The van der Waals surface area contributed by atoms with Gasteiger partial charge < -0.3 is 14.2 Å². The number of carbonyl (C=O) groups excluding carboxylic acids is 2. The Morgan fingerprint density at radius 1 is 1.00 bits per heavy atom. The molecule has 0 bridgehead atoms. The maximum Gasteiger partial charge on any atom is 0.343 e.